The zero-order valence-electron chi connectivity index (χ0n) is 22.1. The maximum absolute atomic E-state index is 12.8. The zero-order valence-corrected chi connectivity index (χ0v) is 24.4. The Morgan fingerprint density at radius 1 is 1.02 bits per heavy atom. The van der Waals surface area contributed by atoms with E-state index < -0.39 is 0 Å². The van der Waals surface area contributed by atoms with E-state index in [1.54, 1.807) is 20.4 Å². The molecule has 0 fully saturated rings. The molecular weight excluding hydrogens is 566 g/mol. The van der Waals surface area contributed by atoms with Gasteiger partial charge in [0.1, 0.15) is 0 Å². The summed E-state index contributed by atoms with van der Waals surface area (Å²) >= 11 is 9.00. The molecule has 11 heteroatoms. The Hall–Kier alpha value is -3.86. The van der Waals surface area contributed by atoms with Gasteiger partial charge in [0.05, 0.1) is 20.0 Å². The highest BCUT2D eigenvalue weighted by atomic mass is 35.5. The normalized spacial score (nSPS) is 10.9. The first kappa shape index (κ1) is 27.7. The predicted molar refractivity (Wildman–Crippen MR) is 160 cm³/mol. The molecule has 0 saturated carbocycles. The van der Waals surface area contributed by atoms with Crippen molar-refractivity contribution in [2.45, 2.75) is 18.5 Å². The van der Waals surface area contributed by atoms with Gasteiger partial charge >= 0.3 is 0 Å². The summed E-state index contributed by atoms with van der Waals surface area (Å²) in [6.45, 7) is 1.98. The van der Waals surface area contributed by atoms with Crippen LogP contribution in [0.25, 0.3) is 17.1 Å². The average molecular weight is 592 g/mol. The number of thioether (sulfide) groups is 1. The molecule has 0 saturated heterocycles. The molecule has 0 radical (unpaired) electrons. The molecule has 0 aliphatic rings. The minimum atomic E-state index is -0.181. The van der Waals surface area contributed by atoms with Gasteiger partial charge in [-0.1, -0.05) is 53.7 Å². The van der Waals surface area contributed by atoms with Crippen LogP contribution in [0.4, 0.5) is 5.13 Å². The van der Waals surface area contributed by atoms with E-state index >= 15 is 0 Å². The number of rotatable bonds is 10. The number of halogens is 1. The molecule has 2 aromatic heterocycles. The Morgan fingerprint density at radius 2 is 1.82 bits per heavy atom. The number of amides is 1. The summed E-state index contributed by atoms with van der Waals surface area (Å²) in [5.41, 5.74) is 3.81. The van der Waals surface area contributed by atoms with Crippen molar-refractivity contribution < 1.29 is 14.3 Å². The van der Waals surface area contributed by atoms with E-state index in [1.165, 1.54) is 23.1 Å². The number of nitrogens with one attached hydrogen (secondary N) is 1. The molecule has 0 aliphatic heterocycles. The topological polar surface area (TPSA) is 91.2 Å². The van der Waals surface area contributed by atoms with Crippen LogP contribution in [0.3, 0.4) is 0 Å². The van der Waals surface area contributed by atoms with E-state index in [0.29, 0.717) is 34.0 Å². The number of nitrogens with zero attached hydrogens (tertiary/aromatic N) is 4. The maximum Gasteiger partial charge on any atom is 0.236 e. The van der Waals surface area contributed by atoms with Crippen LogP contribution < -0.4 is 14.8 Å². The first-order valence-corrected chi connectivity index (χ1v) is 14.5. The van der Waals surface area contributed by atoms with Crippen LogP contribution in [-0.4, -0.2) is 45.6 Å². The standard InChI is InChI=1S/C29H26ClN5O3S2/c1-18-9-10-19(14-23(18)30)13-22-16-31-28(40-22)32-26(36)17-39-29-34-33-27(35(29)21-7-5-4-6-8-21)20-11-12-24(37-2)25(15-20)38-3/h4-12,14-16H,13,17H2,1-3H3,(H,31,32,36). The zero-order chi connectivity index (χ0) is 28.1. The molecule has 0 aliphatic carbocycles. The minimum absolute atomic E-state index is 0.138. The van der Waals surface area contributed by atoms with Crippen molar-refractivity contribution in [3.63, 3.8) is 0 Å². The average Bonchev–Trinajstić information content (AvgIpc) is 3.60. The van der Waals surface area contributed by atoms with Crippen LogP contribution in [0.2, 0.25) is 5.02 Å². The third-order valence-electron chi connectivity index (χ3n) is 6.04. The number of hydrogen-bond acceptors (Lipinski definition) is 8. The second-order valence-corrected chi connectivity index (χ2v) is 11.2. The number of para-hydroxylation sites is 1. The van der Waals surface area contributed by atoms with E-state index in [9.17, 15) is 4.79 Å². The predicted octanol–water partition coefficient (Wildman–Crippen LogP) is 6.69. The number of methoxy groups -OCH3 is 2. The molecule has 204 valence electrons. The highest BCUT2D eigenvalue weighted by Gasteiger charge is 2.19. The number of carbonyl (C=O) groups is 1. The van der Waals surface area contributed by atoms with Crippen molar-refractivity contribution >= 4 is 45.7 Å². The van der Waals surface area contributed by atoms with Crippen LogP contribution in [0.15, 0.2) is 78.1 Å². The Morgan fingerprint density at radius 3 is 2.58 bits per heavy atom. The molecule has 1 amide bonds. The molecule has 0 spiro atoms. The van der Waals surface area contributed by atoms with Crippen molar-refractivity contribution in [2.24, 2.45) is 0 Å². The van der Waals surface area contributed by atoms with Gasteiger partial charge in [0, 0.05) is 33.8 Å². The number of aryl methyl sites for hydroxylation is 1. The Kier molecular flexibility index (Phi) is 8.69. The van der Waals surface area contributed by atoms with Crippen molar-refractivity contribution in [2.75, 3.05) is 25.3 Å². The third-order valence-corrected chi connectivity index (χ3v) is 8.29. The number of aromatic nitrogens is 4. The fraction of sp³-hybridized carbons (Fsp3) is 0.172. The SMILES string of the molecule is COc1ccc(-c2nnc(SCC(=O)Nc3ncc(Cc4ccc(C)c(Cl)c4)s3)n2-c2ccccc2)cc1OC. The fourth-order valence-electron chi connectivity index (χ4n) is 4.02. The van der Waals surface area contributed by atoms with Crippen molar-refractivity contribution in [1.82, 2.24) is 19.7 Å². The molecule has 2 heterocycles. The van der Waals surface area contributed by atoms with Gasteiger partial charge in [-0.05, 0) is 54.4 Å². The van der Waals surface area contributed by atoms with Crippen LogP contribution in [0, 0.1) is 6.92 Å². The summed E-state index contributed by atoms with van der Waals surface area (Å²) < 4.78 is 12.8. The summed E-state index contributed by atoms with van der Waals surface area (Å²) in [6.07, 6.45) is 2.48. The monoisotopic (exact) mass is 591 g/mol. The van der Waals surface area contributed by atoms with E-state index in [-0.39, 0.29) is 11.7 Å². The van der Waals surface area contributed by atoms with E-state index in [1.807, 2.05) is 72.2 Å². The van der Waals surface area contributed by atoms with E-state index in [4.69, 9.17) is 21.1 Å². The quantitative estimate of drug-likeness (QED) is 0.181. The molecule has 0 atom stereocenters. The highest BCUT2D eigenvalue weighted by molar-refractivity contribution is 7.99. The fourth-order valence-corrected chi connectivity index (χ4v) is 5.83. The van der Waals surface area contributed by atoms with Crippen molar-refractivity contribution in [3.8, 4) is 28.6 Å². The number of hydrogen-bond donors (Lipinski definition) is 1. The number of ether oxygens (including phenoxy) is 2. The maximum atomic E-state index is 12.8. The van der Waals surface area contributed by atoms with Crippen molar-refractivity contribution in [1.29, 1.82) is 0 Å². The number of carbonyl (C=O) groups excluding carboxylic acids is 1. The molecule has 0 unspecified atom stereocenters. The summed E-state index contributed by atoms with van der Waals surface area (Å²) in [7, 11) is 3.18. The van der Waals surface area contributed by atoms with Crippen LogP contribution >= 0.6 is 34.7 Å². The van der Waals surface area contributed by atoms with Gasteiger partial charge in [-0.15, -0.1) is 21.5 Å². The highest BCUT2D eigenvalue weighted by Crippen LogP contribution is 2.34. The molecule has 5 aromatic rings. The smallest absolute Gasteiger partial charge is 0.236 e. The number of benzene rings is 3. The summed E-state index contributed by atoms with van der Waals surface area (Å²) in [6, 6.07) is 21.4. The second-order valence-electron chi connectivity index (χ2n) is 8.78. The number of thiazole rings is 1. The van der Waals surface area contributed by atoms with Gasteiger partial charge in [-0.2, -0.15) is 0 Å². The lowest BCUT2D eigenvalue weighted by Gasteiger charge is -2.12. The van der Waals surface area contributed by atoms with Gasteiger partial charge in [-0.25, -0.2) is 4.98 Å². The van der Waals surface area contributed by atoms with E-state index in [2.05, 4.69) is 26.6 Å². The minimum Gasteiger partial charge on any atom is -0.493 e. The molecule has 3 aromatic carbocycles. The van der Waals surface area contributed by atoms with Crippen LogP contribution in [0.5, 0.6) is 11.5 Å². The van der Waals surface area contributed by atoms with Crippen LogP contribution in [0.1, 0.15) is 16.0 Å². The summed E-state index contributed by atoms with van der Waals surface area (Å²) in [5.74, 6) is 1.79. The Bertz CT molecular complexity index is 1640. The van der Waals surface area contributed by atoms with E-state index in [0.717, 1.165) is 32.3 Å². The lowest BCUT2D eigenvalue weighted by molar-refractivity contribution is -0.113. The number of anilines is 1. The molecule has 5 rings (SSSR count). The lowest BCUT2D eigenvalue weighted by atomic mass is 10.1. The van der Waals surface area contributed by atoms with Gasteiger partial charge in [0.2, 0.25) is 5.91 Å². The van der Waals surface area contributed by atoms with Gasteiger partial charge in [0.25, 0.3) is 0 Å². The lowest BCUT2D eigenvalue weighted by Crippen LogP contribution is -2.14. The first-order chi connectivity index (χ1) is 19.4. The van der Waals surface area contributed by atoms with Gasteiger partial charge in [-0.3, -0.25) is 9.36 Å². The first-order valence-electron chi connectivity index (χ1n) is 12.3. The molecule has 8 nitrogen and oxygen atoms in total. The molecule has 1 N–H and O–H groups in total. The van der Waals surface area contributed by atoms with Gasteiger partial charge in [0.15, 0.2) is 27.6 Å². The Balaban J connectivity index is 1.30. The van der Waals surface area contributed by atoms with Gasteiger partial charge < -0.3 is 14.8 Å². The molecular formula is C29H26ClN5O3S2. The largest absolute Gasteiger partial charge is 0.493 e. The summed E-state index contributed by atoms with van der Waals surface area (Å²) in [4.78, 5) is 18.3. The Labute approximate surface area is 245 Å². The summed E-state index contributed by atoms with van der Waals surface area (Å²) in [5, 5.41) is 13.6. The van der Waals surface area contributed by atoms with Crippen molar-refractivity contribution in [3.05, 3.63) is 94.0 Å². The molecule has 40 heavy (non-hydrogen) atoms. The third kappa shape index (κ3) is 6.30. The molecule has 0 bridgehead atoms. The van der Waals surface area contributed by atoms with Crippen LogP contribution in [-0.2, 0) is 11.2 Å². The second kappa shape index (κ2) is 12.5.